The molecule has 0 saturated carbocycles. The number of rotatable bonds is 6. The summed E-state index contributed by atoms with van der Waals surface area (Å²) in [6.07, 6.45) is 0.175. The van der Waals surface area contributed by atoms with E-state index in [2.05, 4.69) is 66.3 Å². The molecule has 2 aromatic rings. The topological polar surface area (TPSA) is 21.3 Å². The lowest BCUT2D eigenvalue weighted by Gasteiger charge is -2.21. The van der Waals surface area contributed by atoms with E-state index in [9.17, 15) is 0 Å². The molecule has 0 amide bonds. The molecule has 1 heterocycles. The molecule has 108 valence electrons. The third-order valence-corrected chi connectivity index (χ3v) is 4.57. The molecule has 0 aliphatic rings. The van der Waals surface area contributed by atoms with E-state index in [1.54, 1.807) is 11.3 Å². The molecule has 1 aromatic heterocycles. The molecule has 20 heavy (non-hydrogen) atoms. The van der Waals surface area contributed by atoms with Gasteiger partial charge < -0.3 is 10.1 Å². The van der Waals surface area contributed by atoms with Gasteiger partial charge in [-0.2, -0.15) is 0 Å². The number of halogens is 1. The molecule has 0 saturated heterocycles. The quantitative estimate of drug-likeness (QED) is 0.789. The van der Waals surface area contributed by atoms with Gasteiger partial charge in [-0.1, -0.05) is 25.1 Å². The summed E-state index contributed by atoms with van der Waals surface area (Å²) in [6, 6.07) is 12.7. The summed E-state index contributed by atoms with van der Waals surface area (Å²) in [5.74, 6) is 0.956. The van der Waals surface area contributed by atoms with Gasteiger partial charge in [-0.3, -0.25) is 0 Å². The van der Waals surface area contributed by atoms with E-state index in [0.29, 0.717) is 0 Å². The fraction of sp³-hybridized carbons (Fsp3) is 0.375. The highest BCUT2D eigenvalue weighted by Gasteiger charge is 2.19. The zero-order chi connectivity index (χ0) is 14.5. The van der Waals surface area contributed by atoms with Gasteiger partial charge in [-0.15, -0.1) is 11.3 Å². The van der Waals surface area contributed by atoms with E-state index in [1.165, 1.54) is 10.4 Å². The highest BCUT2D eigenvalue weighted by molar-refractivity contribution is 9.11. The van der Waals surface area contributed by atoms with Gasteiger partial charge in [-0.25, -0.2) is 0 Å². The fourth-order valence-corrected chi connectivity index (χ4v) is 3.65. The Bertz CT molecular complexity index is 553. The average molecular weight is 354 g/mol. The van der Waals surface area contributed by atoms with E-state index in [-0.39, 0.29) is 12.1 Å². The van der Waals surface area contributed by atoms with Crippen LogP contribution in [-0.2, 0) is 0 Å². The van der Waals surface area contributed by atoms with E-state index >= 15 is 0 Å². The summed E-state index contributed by atoms with van der Waals surface area (Å²) in [5, 5.41) is 3.55. The molecule has 0 spiro atoms. The lowest BCUT2D eigenvalue weighted by atomic mass is 10.0. The molecule has 0 aliphatic carbocycles. The number of hydrogen-bond donors (Lipinski definition) is 1. The summed E-state index contributed by atoms with van der Waals surface area (Å²) in [6.45, 7) is 7.15. The van der Waals surface area contributed by atoms with Gasteiger partial charge in [0.1, 0.15) is 5.75 Å². The molecule has 0 fully saturated rings. The summed E-state index contributed by atoms with van der Waals surface area (Å²) in [5.41, 5.74) is 1.19. The average Bonchev–Trinajstić information content (AvgIpc) is 2.83. The van der Waals surface area contributed by atoms with Crippen molar-refractivity contribution in [3.63, 3.8) is 0 Å². The lowest BCUT2D eigenvalue weighted by Crippen LogP contribution is -2.22. The second-order valence-electron chi connectivity index (χ2n) is 4.84. The summed E-state index contributed by atoms with van der Waals surface area (Å²) < 4.78 is 7.10. The van der Waals surface area contributed by atoms with Gasteiger partial charge in [0.2, 0.25) is 0 Å². The Labute approximate surface area is 133 Å². The minimum atomic E-state index is 0.172. The number of para-hydroxylation sites is 1. The van der Waals surface area contributed by atoms with Crippen LogP contribution in [0.1, 0.15) is 37.3 Å². The van der Waals surface area contributed by atoms with Crippen LogP contribution >= 0.6 is 27.3 Å². The Morgan fingerprint density at radius 1 is 1.20 bits per heavy atom. The summed E-state index contributed by atoms with van der Waals surface area (Å²) in [7, 11) is 0. The second-order valence-corrected chi connectivity index (χ2v) is 7.33. The van der Waals surface area contributed by atoms with Crippen LogP contribution in [0.25, 0.3) is 0 Å². The maximum absolute atomic E-state index is 5.95. The van der Waals surface area contributed by atoms with Crippen molar-refractivity contribution in [3.8, 4) is 5.75 Å². The van der Waals surface area contributed by atoms with Crippen LogP contribution in [0.3, 0.4) is 0 Å². The molecule has 0 aliphatic heterocycles. The SMILES string of the molecule is CCNC(c1ccc(Br)s1)c1ccccc1OC(C)C. The Balaban J connectivity index is 2.38. The molecule has 0 bridgehead atoms. The van der Waals surface area contributed by atoms with Gasteiger partial charge in [0, 0.05) is 10.4 Å². The summed E-state index contributed by atoms with van der Waals surface area (Å²) in [4.78, 5) is 1.29. The molecule has 1 N–H and O–H groups in total. The third-order valence-electron chi connectivity index (χ3n) is 2.88. The van der Waals surface area contributed by atoms with Crippen LogP contribution in [-0.4, -0.2) is 12.6 Å². The molecule has 1 unspecified atom stereocenters. The number of nitrogens with one attached hydrogen (secondary N) is 1. The van der Waals surface area contributed by atoms with Crippen molar-refractivity contribution >= 4 is 27.3 Å². The van der Waals surface area contributed by atoms with Gasteiger partial charge in [0.15, 0.2) is 0 Å². The maximum Gasteiger partial charge on any atom is 0.124 e. The standard InChI is InChI=1S/C16H20BrNOS/c1-4-18-16(14-9-10-15(17)20-14)12-7-5-6-8-13(12)19-11(2)3/h5-11,16,18H,4H2,1-3H3. The molecule has 1 aromatic carbocycles. The van der Waals surface area contributed by atoms with Crippen LogP contribution in [0.15, 0.2) is 40.2 Å². The minimum absolute atomic E-state index is 0.172. The zero-order valence-corrected chi connectivity index (χ0v) is 14.4. The van der Waals surface area contributed by atoms with Gasteiger partial charge in [-0.05, 0) is 54.5 Å². The first-order valence-corrected chi connectivity index (χ1v) is 8.47. The smallest absolute Gasteiger partial charge is 0.124 e. The zero-order valence-electron chi connectivity index (χ0n) is 12.0. The van der Waals surface area contributed by atoms with Crippen LogP contribution in [0.4, 0.5) is 0 Å². The Morgan fingerprint density at radius 3 is 2.55 bits per heavy atom. The molecule has 1 atom stereocenters. The van der Waals surface area contributed by atoms with Gasteiger partial charge in [0.25, 0.3) is 0 Å². The van der Waals surface area contributed by atoms with Crippen LogP contribution in [0.5, 0.6) is 5.75 Å². The lowest BCUT2D eigenvalue weighted by molar-refractivity contribution is 0.238. The number of benzene rings is 1. The van der Waals surface area contributed by atoms with Crippen molar-refractivity contribution < 1.29 is 4.74 Å². The van der Waals surface area contributed by atoms with Crippen LogP contribution in [0, 0.1) is 0 Å². The van der Waals surface area contributed by atoms with Crippen molar-refractivity contribution in [1.29, 1.82) is 0 Å². The first kappa shape index (κ1) is 15.5. The normalized spacial score (nSPS) is 12.7. The Morgan fingerprint density at radius 2 is 1.95 bits per heavy atom. The van der Waals surface area contributed by atoms with E-state index in [0.717, 1.165) is 16.1 Å². The number of ether oxygens (including phenoxy) is 1. The molecule has 2 nitrogen and oxygen atoms in total. The van der Waals surface area contributed by atoms with Crippen LogP contribution < -0.4 is 10.1 Å². The van der Waals surface area contributed by atoms with Crippen molar-refractivity contribution in [3.05, 3.63) is 50.6 Å². The van der Waals surface area contributed by atoms with E-state index in [4.69, 9.17) is 4.74 Å². The van der Waals surface area contributed by atoms with Crippen LogP contribution in [0.2, 0.25) is 0 Å². The molecular formula is C16H20BrNOS. The van der Waals surface area contributed by atoms with Crippen molar-refractivity contribution in [2.45, 2.75) is 32.9 Å². The fourth-order valence-electron chi connectivity index (χ4n) is 2.13. The van der Waals surface area contributed by atoms with Gasteiger partial charge in [0.05, 0.1) is 15.9 Å². The van der Waals surface area contributed by atoms with E-state index in [1.807, 2.05) is 12.1 Å². The summed E-state index contributed by atoms with van der Waals surface area (Å²) >= 11 is 5.30. The Hall–Kier alpha value is -0.840. The second kappa shape index (κ2) is 7.25. The predicted octanol–water partition coefficient (Wildman–Crippen LogP) is 5.00. The largest absolute Gasteiger partial charge is 0.491 e. The van der Waals surface area contributed by atoms with Gasteiger partial charge >= 0.3 is 0 Å². The highest BCUT2D eigenvalue weighted by atomic mass is 79.9. The number of hydrogen-bond acceptors (Lipinski definition) is 3. The Kier molecular flexibility index (Phi) is 5.64. The molecule has 2 rings (SSSR count). The van der Waals surface area contributed by atoms with E-state index < -0.39 is 0 Å². The molecular weight excluding hydrogens is 334 g/mol. The third kappa shape index (κ3) is 3.84. The predicted molar refractivity (Wildman–Crippen MR) is 89.7 cm³/mol. The van der Waals surface area contributed by atoms with Crippen molar-refractivity contribution in [2.24, 2.45) is 0 Å². The molecule has 0 radical (unpaired) electrons. The van der Waals surface area contributed by atoms with Crippen molar-refractivity contribution in [1.82, 2.24) is 5.32 Å². The van der Waals surface area contributed by atoms with Crippen molar-refractivity contribution in [2.75, 3.05) is 6.54 Å². The molecule has 4 heteroatoms. The first-order valence-electron chi connectivity index (χ1n) is 6.86. The first-order chi connectivity index (χ1) is 9.61. The highest BCUT2D eigenvalue weighted by Crippen LogP contribution is 2.35. The maximum atomic E-state index is 5.95. The number of thiophene rings is 1. The monoisotopic (exact) mass is 353 g/mol. The minimum Gasteiger partial charge on any atom is -0.491 e.